The van der Waals surface area contributed by atoms with E-state index in [9.17, 15) is 5.11 Å². The first-order valence-electron chi connectivity index (χ1n) is 11.2. The van der Waals surface area contributed by atoms with Crippen molar-refractivity contribution in [2.45, 2.75) is 45.1 Å². The molecule has 0 bridgehead atoms. The molecule has 5 heterocycles. The van der Waals surface area contributed by atoms with Crippen molar-refractivity contribution >= 4 is 28.5 Å². The summed E-state index contributed by atoms with van der Waals surface area (Å²) in [6, 6.07) is 6.09. The monoisotopic (exact) mass is 419 g/mol. The summed E-state index contributed by atoms with van der Waals surface area (Å²) in [5, 5.41) is 17.3. The van der Waals surface area contributed by atoms with Gasteiger partial charge in [0.2, 0.25) is 5.95 Å². The second-order valence-corrected chi connectivity index (χ2v) is 8.49. The minimum Gasteiger partial charge on any atom is -0.396 e. The predicted octanol–water partition coefficient (Wildman–Crippen LogP) is 2.90. The van der Waals surface area contributed by atoms with E-state index in [1.807, 2.05) is 25.3 Å². The molecule has 8 nitrogen and oxygen atoms in total. The number of piperidine rings is 1. The van der Waals surface area contributed by atoms with Gasteiger partial charge in [-0.2, -0.15) is 0 Å². The lowest BCUT2D eigenvalue weighted by molar-refractivity contribution is 0.271. The Morgan fingerprint density at radius 2 is 2.03 bits per heavy atom. The van der Waals surface area contributed by atoms with Crippen LogP contribution in [0.2, 0.25) is 0 Å². The van der Waals surface area contributed by atoms with Crippen molar-refractivity contribution < 1.29 is 5.11 Å². The molecule has 5 rings (SSSR count). The van der Waals surface area contributed by atoms with Gasteiger partial charge in [-0.25, -0.2) is 19.9 Å². The number of nitrogens with one attached hydrogen (secondary N) is 2. The molecule has 1 atom stereocenters. The number of anilines is 3. The summed E-state index contributed by atoms with van der Waals surface area (Å²) in [6.45, 7) is 5.84. The number of fused-ring (bicyclic) bond motifs is 2. The van der Waals surface area contributed by atoms with Crippen LogP contribution in [0.4, 0.5) is 17.6 Å². The van der Waals surface area contributed by atoms with Crippen LogP contribution in [0.25, 0.3) is 10.9 Å². The highest BCUT2D eigenvalue weighted by atomic mass is 16.3. The molecule has 0 amide bonds. The van der Waals surface area contributed by atoms with Crippen molar-refractivity contribution in [3.8, 4) is 0 Å². The van der Waals surface area contributed by atoms with E-state index < -0.39 is 0 Å². The topological polar surface area (TPSA) is 99.1 Å². The molecule has 0 aliphatic carbocycles. The van der Waals surface area contributed by atoms with E-state index in [0.29, 0.717) is 5.95 Å². The first kappa shape index (κ1) is 20.1. The first-order chi connectivity index (χ1) is 15.2. The Kier molecular flexibility index (Phi) is 5.65. The van der Waals surface area contributed by atoms with E-state index >= 15 is 0 Å². The van der Waals surface area contributed by atoms with Crippen LogP contribution in [0.1, 0.15) is 49.1 Å². The highest BCUT2D eigenvalue weighted by Gasteiger charge is 2.20. The third kappa shape index (κ3) is 4.18. The highest BCUT2D eigenvalue weighted by Crippen LogP contribution is 2.30. The fourth-order valence-corrected chi connectivity index (χ4v) is 4.30. The summed E-state index contributed by atoms with van der Waals surface area (Å²) in [6.07, 6.45) is 6.34. The summed E-state index contributed by atoms with van der Waals surface area (Å²) in [7, 11) is 0. The Morgan fingerprint density at radius 3 is 2.87 bits per heavy atom. The zero-order valence-electron chi connectivity index (χ0n) is 17.9. The van der Waals surface area contributed by atoms with Crippen LogP contribution in [0.5, 0.6) is 0 Å². The quantitative estimate of drug-likeness (QED) is 0.581. The van der Waals surface area contributed by atoms with Crippen LogP contribution in [0.3, 0.4) is 0 Å². The predicted molar refractivity (Wildman–Crippen MR) is 122 cm³/mol. The maximum Gasteiger partial charge on any atom is 0.229 e. The third-order valence-electron chi connectivity index (χ3n) is 6.16. The molecule has 0 aromatic carbocycles. The smallest absolute Gasteiger partial charge is 0.229 e. The molecule has 8 heteroatoms. The van der Waals surface area contributed by atoms with Gasteiger partial charge in [-0.1, -0.05) is 13.0 Å². The van der Waals surface area contributed by atoms with E-state index in [-0.39, 0.29) is 12.5 Å². The number of aliphatic hydroxyl groups excluding tert-OH is 1. The summed E-state index contributed by atoms with van der Waals surface area (Å²) in [5.41, 5.74) is 4.10. The molecule has 3 aromatic rings. The SMILES string of the molecule is C[C@H](CO)c1cc2cnc(Nc3ccc4c(n3)CCNC4)nc2c(N2CCCCC2)n1. The van der Waals surface area contributed by atoms with E-state index in [2.05, 4.69) is 26.6 Å². The summed E-state index contributed by atoms with van der Waals surface area (Å²) in [4.78, 5) is 21.4. The second kappa shape index (κ2) is 8.72. The van der Waals surface area contributed by atoms with Crippen LogP contribution >= 0.6 is 0 Å². The van der Waals surface area contributed by atoms with Gasteiger partial charge >= 0.3 is 0 Å². The zero-order valence-corrected chi connectivity index (χ0v) is 17.9. The van der Waals surface area contributed by atoms with Gasteiger partial charge in [0.05, 0.1) is 6.61 Å². The fourth-order valence-electron chi connectivity index (χ4n) is 4.30. The number of hydrogen-bond donors (Lipinski definition) is 3. The number of nitrogens with zero attached hydrogens (tertiary/aromatic N) is 5. The minimum atomic E-state index is -0.0278. The van der Waals surface area contributed by atoms with Crippen LogP contribution in [-0.2, 0) is 13.0 Å². The van der Waals surface area contributed by atoms with Crippen LogP contribution in [0, 0.1) is 0 Å². The van der Waals surface area contributed by atoms with Gasteiger partial charge in [0.1, 0.15) is 11.3 Å². The standard InChI is InChI=1S/C23H29N7O/c1-15(14-31)19-11-17-13-25-23(28-20-6-5-16-12-24-8-7-18(16)26-20)29-21(17)22(27-19)30-9-3-2-4-10-30/h5-6,11,13,15,24,31H,2-4,7-10,12,14H2,1H3,(H,25,26,28,29)/t15-/m1/s1. The average Bonchev–Trinajstić information content (AvgIpc) is 2.83. The highest BCUT2D eigenvalue weighted by molar-refractivity contribution is 5.89. The first-order valence-corrected chi connectivity index (χ1v) is 11.2. The molecule has 1 fully saturated rings. The molecule has 3 aromatic heterocycles. The summed E-state index contributed by atoms with van der Waals surface area (Å²) < 4.78 is 0. The molecule has 162 valence electrons. The van der Waals surface area contributed by atoms with Crippen molar-refractivity contribution in [1.29, 1.82) is 0 Å². The van der Waals surface area contributed by atoms with Gasteiger partial charge in [0.15, 0.2) is 5.82 Å². The Labute approximate surface area is 182 Å². The molecule has 0 saturated carbocycles. The molecule has 0 unspecified atom stereocenters. The Hall–Kier alpha value is -2.84. The van der Waals surface area contributed by atoms with E-state index in [0.717, 1.165) is 79.4 Å². The molecule has 3 N–H and O–H groups in total. The Bertz CT molecular complexity index is 1080. The zero-order chi connectivity index (χ0) is 21.2. The second-order valence-electron chi connectivity index (χ2n) is 8.49. The molecule has 1 saturated heterocycles. The largest absolute Gasteiger partial charge is 0.396 e. The van der Waals surface area contributed by atoms with E-state index in [1.165, 1.54) is 12.0 Å². The lowest BCUT2D eigenvalue weighted by Crippen LogP contribution is -2.31. The number of aliphatic hydroxyl groups is 1. The number of hydrogen-bond acceptors (Lipinski definition) is 8. The molecular weight excluding hydrogens is 390 g/mol. The molecule has 2 aliphatic rings. The van der Waals surface area contributed by atoms with Crippen molar-refractivity contribution in [3.63, 3.8) is 0 Å². The van der Waals surface area contributed by atoms with Gasteiger partial charge in [0.25, 0.3) is 0 Å². The molecule has 31 heavy (non-hydrogen) atoms. The van der Waals surface area contributed by atoms with Gasteiger partial charge < -0.3 is 20.6 Å². The number of aromatic nitrogens is 4. The van der Waals surface area contributed by atoms with Gasteiger partial charge in [-0.3, -0.25) is 0 Å². The van der Waals surface area contributed by atoms with E-state index in [4.69, 9.17) is 15.0 Å². The van der Waals surface area contributed by atoms with Gasteiger partial charge in [0, 0.05) is 61.5 Å². The number of rotatable bonds is 5. The Balaban J connectivity index is 1.51. The third-order valence-corrected chi connectivity index (χ3v) is 6.16. The Morgan fingerprint density at radius 1 is 1.16 bits per heavy atom. The van der Waals surface area contributed by atoms with Crippen molar-refractivity contribution in [3.05, 3.63) is 41.3 Å². The van der Waals surface area contributed by atoms with Crippen molar-refractivity contribution in [1.82, 2.24) is 25.3 Å². The van der Waals surface area contributed by atoms with Crippen LogP contribution in [0.15, 0.2) is 24.4 Å². The van der Waals surface area contributed by atoms with E-state index in [1.54, 1.807) is 0 Å². The van der Waals surface area contributed by atoms with Crippen LogP contribution in [-0.4, -0.2) is 51.3 Å². The fraction of sp³-hybridized carbons (Fsp3) is 0.478. The normalized spacial score (nSPS) is 17.4. The molecule has 0 spiro atoms. The van der Waals surface area contributed by atoms with Gasteiger partial charge in [-0.15, -0.1) is 0 Å². The maximum atomic E-state index is 9.65. The lowest BCUT2D eigenvalue weighted by Gasteiger charge is -2.29. The lowest BCUT2D eigenvalue weighted by atomic mass is 10.1. The summed E-state index contributed by atoms with van der Waals surface area (Å²) in [5.74, 6) is 2.15. The van der Waals surface area contributed by atoms with Crippen molar-refractivity contribution in [2.24, 2.45) is 0 Å². The average molecular weight is 420 g/mol. The number of pyridine rings is 2. The molecular formula is C23H29N7O. The van der Waals surface area contributed by atoms with Crippen molar-refractivity contribution in [2.75, 3.05) is 36.5 Å². The van der Waals surface area contributed by atoms with Gasteiger partial charge in [-0.05, 0) is 37.0 Å². The summed E-state index contributed by atoms with van der Waals surface area (Å²) >= 11 is 0. The molecule has 0 radical (unpaired) electrons. The minimum absolute atomic E-state index is 0.0278. The molecule has 2 aliphatic heterocycles. The van der Waals surface area contributed by atoms with Crippen LogP contribution < -0.4 is 15.5 Å². The maximum absolute atomic E-state index is 9.65.